The zero-order valence-corrected chi connectivity index (χ0v) is 11.5. The van der Waals surface area contributed by atoms with Crippen molar-refractivity contribution in [1.82, 2.24) is 5.06 Å². The lowest BCUT2D eigenvalue weighted by Gasteiger charge is -2.40. The fourth-order valence-electron chi connectivity index (χ4n) is 2.16. The Labute approximate surface area is 90.3 Å². The van der Waals surface area contributed by atoms with E-state index in [0.717, 1.165) is 0 Å². The molecule has 0 aromatic rings. The lowest BCUT2D eigenvalue weighted by Crippen LogP contribution is -2.49. The molecule has 3 heteroatoms. The van der Waals surface area contributed by atoms with Crippen molar-refractivity contribution in [3.05, 3.63) is 0 Å². The second-order valence-corrected chi connectivity index (χ2v) is 7.90. The molecule has 0 unspecified atom stereocenters. The van der Waals surface area contributed by atoms with E-state index in [9.17, 15) is 0 Å². The molecule has 1 aliphatic carbocycles. The summed E-state index contributed by atoms with van der Waals surface area (Å²) in [5.74, 6) is 0. The summed E-state index contributed by atoms with van der Waals surface area (Å²) in [7, 11) is -0.958. The summed E-state index contributed by atoms with van der Waals surface area (Å²) in [6.07, 6.45) is 5.39. The molecule has 84 valence electrons. The molecular weight excluding hydrogens is 190 g/mol. The minimum absolute atomic E-state index is 0.159. The van der Waals surface area contributed by atoms with Gasteiger partial charge in [-0.1, -0.05) is 12.8 Å². The summed E-state index contributed by atoms with van der Waals surface area (Å²) in [6, 6.07) is 0.671. The van der Waals surface area contributed by atoms with Crippen LogP contribution in [0.5, 0.6) is 0 Å². The fraction of sp³-hybridized carbons (Fsp3) is 1.00. The van der Waals surface area contributed by atoms with Crippen LogP contribution in [0.1, 0.15) is 46.5 Å². The molecule has 0 saturated heterocycles. The predicted molar refractivity (Wildman–Crippen MR) is 63.8 cm³/mol. The summed E-state index contributed by atoms with van der Waals surface area (Å²) in [4.78, 5) is 0. The van der Waals surface area contributed by atoms with Crippen molar-refractivity contribution in [3.8, 4) is 0 Å². The third-order valence-electron chi connectivity index (χ3n) is 2.64. The maximum Gasteiger partial charge on any atom is 0.199 e. The smallest absolute Gasteiger partial charge is 0.199 e. The number of nitrogens with zero attached hydrogens (tertiary/aromatic N) is 1. The molecule has 2 nitrogen and oxygen atoms in total. The highest BCUT2D eigenvalue weighted by atomic mass is 28.3. The van der Waals surface area contributed by atoms with Crippen LogP contribution in [0.25, 0.3) is 0 Å². The highest BCUT2D eigenvalue weighted by molar-refractivity contribution is 6.48. The van der Waals surface area contributed by atoms with Crippen LogP contribution in [0.15, 0.2) is 0 Å². The van der Waals surface area contributed by atoms with E-state index in [2.05, 4.69) is 38.9 Å². The van der Waals surface area contributed by atoms with Crippen LogP contribution in [0.3, 0.4) is 0 Å². The maximum atomic E-state index is 6.07. The molecule has 0 N–H and O–H groups in total. The first kappa shape index (κ1) is 12.2. The van der Waals surface area contributed by atoms with E-state index < -0.39 is 9.04 Å². The Hall–Kier alpha value is 0.137. The minimum Gasteiger partial charge on any atom is -0.346 e. The Bertz CT molecular complexity index is 171. The van der Waals surface area contributed by atoms with Gasteiger partial charge in [0.05, 0.1) is 0 Å². The van der Waals surface area contributed by atoms with Gasteiger partial charge in [0, 0.05) is 11.6 Å². The van der Waals surface area contributed by atoms with Crippen LogP contribution < -0.4 is 0 Å². The molecule has 1 aliphatic rings. The molecule has 1 rings (SSSR count). The quantitative estimate of drug-likeness (QED) is 0.530. The second-order valence-electron chi connectivity index (χ2n) is 5.59. The van der Waals surface area contributed by atoms with E-state index >= 15 is 0 Å². The number of hydrogen-bond donors (Lipinski definition) is 0. The van der Waals surface area contributed by atoms with Gasteiger partial charge >= 0.3 is 0 Å². The van der Waals surface area contributed by atoms with E-state index in [1.807, 2.05) is 0 Å². The van der Waals surface area contributed by atoms with Gasteiger partial charge in [-0.25, -0.2) is 0 Å². The van der Waals surface area contributed by atoms with Crippen molar-refractivity contribution in [2.75, 3.05) is 0 Å². The lowest BCUT2D eigenvalue weighted by atomic mass is 10.1. The molecule has 0 aromatic carbocycles. The van der Waals surface area contributed by atoms with Crippen LogP contribution in [-0.2, 0) is 4.53 Å². The third kappa shape index (κ3) is 3.37. The SMILES string of the molecule is C[SiH](C)ON(C1CCCC1)C(C)(C)C. The van der Waals surface area contributed by atoms with Crippen molar-refractivity contribution in [1.29, 1.82) is 0 Å². The average Bonchev–Trinajstić information content (AvgIpc) is 2.49. The van der Waals surface area contributed by atoms with Crippen molar-refractivity contribution in [2.45, 2.75) is 71.1 Å². The summed E-state index contributed by atoms with van der Waals surface area (Å²) >= 11 is 0. The van der Waals surface area contributed by atoms with Crippen LogP contribution >= 0.6 is 0 Å². The molecule has 0 heterocycles. The molecular formula is C11H25NOSi. The predicted octanol–water partition coefficient (Wildman–Crippen LogP) is 2.94. The molecule has 0 amide bonds. The van der Waals surface area contributed by atoms with E-state index in [1.54, 1.807) is 0 Å². The first-order valence-corrected chi connectivity index (χ1v) is 8.65. The first-order chi connectivity index (χ1) is 6.41. The molecule has 0 bridgehead atoms. The Morgan fingerprint density at radius 1 is 1.14 bits per heavy atom. The van der Waals surface area contributed by atoms with Crippen LogP contribution in [0, 0.1) is 0 Å². The molecule has 0 aromatic heterocycles. The highest BCUT2D eigenvalue weighted by Gasteiger charge is 2.32. The largest absolute Gasteiger partial charge is 0.346 e. The summed E-state index contributed by atoms with van der Waals surface area (Å²) in [5, 5.41) is 2.29. The summed E-state index contributed by atoms with van der Waals surface area (Å²) in [6.45, 7) is 11.2. The fourth-order valence-corrected chi connectivity index (χ4v) is 3.10. The zero-order valence-electron chi connectivity index (χ0n) is 10.3. The molecule has 14 heavy (non-hydrogen) atoms. The molecule has 0 spiro atoms. The number of rotatable bonds is 3. The van der Waals surface area contributed by atoms with Gasteiger partial charge in [-0.2, -0.15) is 5.06 Å². The van der Waals surface area contributed by atoms with Crippen LogP contribution in [0.4, 0.5) is 0 Å². The molecule has 1 fully saturated rings. The third-order valence-corrected chi connectivity index (χ3v) is 3.29. The van der Waals surface area contributed by atoms with Gasteiger partial charge in [-0.05, 0) is 46.7 Å². The Morgan fingerprint density at radius 2 is 1.64 bits per heavy atom. The molecule has 0 aliphatic heterocycles. The maximum absolute atomic E-state index is 6.07. The van der Waals surface area contributed by atoms with Crippen molar-refractivity contribution < 1.29 is 4.53 Å². The Balaban J connectivity index is 2.60. The Morgan fingerprint density at radius 3 is 2.00 bits per heavy atom. The Kier molecular flexibility index (Phi) is 4.16. The normalized spacial score (nSPS) is 19.9. The van der Waals surface area contributed by atoms with Gasteiger partial charge < -0.3 is 4.53 Å². The minimum atomic E-state index is -0.958. The molecule has 0 atom stereocenters. The number of hydroxylamine groups is 2. The van der Waals surface area contributed by atoms with Crippen molar-refractivity contribution >= 4 is 9.04 Å². The summed E-state index contributed by atoms with van der Waals surface area (Å²) in [5.41, 5.74) is 0.159. The van der Waals surface area contributed by atoms with E-state index in [0.29, 0.717) is 6.04 Å². The van der Waals surface area contributed by atoms with Crippen molar-refractivity contribution in [2.24, 2.45) is 0 Å². The van der Waals surface area contributed by atoms with E-state index in [-0.39, 0.29) is 5.54 Å². The van der Waals surface area contributed by atoms with Crippen molar-refractivity contribution in [3.63, 3.8) is 0 Å². The average molecular weight is 215 g/mol. The molecule has 1 saturated carbocycles. The highest BCUT2D eigenvalue weighted by Crippen LogP contribution is 2.29. The van der Waals surface area contributed by atoms with Gasteiger partial charge in [0.15, 0.2) is 9.04 Å². The summed E-state index contributed by atoms with van der Waals surface area (Å²) < 4.78 is 6.07. The standard InChI is InChI=1S/C11H25NOSi/c1-11(2,3)12(13-14(4)5)10-8-6-7-9-10/h10,14H,6-9H2,1-5H3. The second kappa shape index (κ2) is 4.77. The van der Waals surface area contributed by atoms with Gasteiger partial charge in [-0.15, -0.1) is 0 Å². The first-order valence-electron chi connectivity index (χ1n) is 5.87. The monoisotopic (exact) mass is 215 g/mol. The van der Waals surface area contributed by atoms with E-state index in [4.69, 9.17) is 4.53 Å². The van der Waals surface area contributed by atoms with Gasteiger partial charge in [0.1, 0.15) is 0 Å². The van der Waals surface area contributed by atoms with Gasteiger partial charge in [0.25, 0.3) is 0 Å². The van der Waals surface area contributed by atoms with E-state index in [1.165, 1.54) is 25.7 Å². The van der Waals surface area contributed by atoms with Gasteiger partial charge in [-0.3, -0.25) is 0 Å². The van der Waals surface area contributed by atoms with Gasteiger partial charge in [0.2, 0.25) is 0 Å². The van der Waals surface area contributed by atoms with Crippen LogP contribution in [0.2, 0.25) is 13.1 Å². The topological polar surface area (TPSA) is 12.5 Å². The number of hydrogen-bond acceptors (Lipinski definition) is 2. The lowest BCUT2D eigenvalue weighted by molar-refractivity contribution is -0.160. The molecule has 0 radical (unpaired) electrons. The zero-order chi connectivity index (χ0) is 10.8. The van der Waals surface area contributed by atoms with Crippen LogP contribution in [-0.4, -0.2) is 25.7 Å².